The monoisotopic (exact) mass is 201 g/mol. The van der Waals surface area contributed by atoms with Crippen LogP contribution in [-0.2, 0) is 6.42 Å². The molecule has 1 N–H and O–H groups in total. The number of para-hydroxylation sites is 1. The predicted molar refractivity (Wildman–Crippen MR) is 68.0 cm³/mol. The molecule has 0 aliphatic rings. The molecule has 0 fully saturated rings. The van der Waals surface area contributed by atoms with Gasteiger partial charge in [-0.3, -0.25) is 0 Å². The Morgan fingerprint density at radius 1 is 1.33 bits per heavy atom. The second-order valence-electron chi connectivity index (χ2n) is 3.81. The third-order valence-corrected chi connectivity index (χ3v) is 2.19. The molecular weight excluding hydrogens is 182 g/mol. The molecule has 0 aliphatic heterocycles. The molecule has 1 aromatic carbocycles. The lowest BCUT2D eigenvalue weighted by Crippen LogP contribution is -1.99. The van der Waals surface area contributed by atoms with E-state index < -0.39 is 0 Å². The van der Waals surface area contributed by atoms with Crippen molar-refractivity contribution in [3.63, 3.8) is 0 Å². The number of rotatable bonds is 4. The summed E-state index contributed by atoms with van der Waals surface area (Å²) in [4.78, 5) is 0. The van der Waals surface area contributed by atoms with Gasteiger partial charge in [-0.05, 0) is 38.0 Å². The van der Waals surface area contributed by atoms with Gasteiger partial charge in [-0.1, -0.05) is 37.3 Å². The molecule has 1 heteroatoms. The average Bonchev–Trinajstić information content (AvgIpc) is 2.17. The summed E-state index contributed by atoms with van der Waals surface area (Å²) in [5.74, 6) is 0. The van der Waals surface area contributed by atoms with Crippen molar-refractivity contribution in [2.45, 2.75) is 27.2 Å². The highest BCUT2D eigenvalue weighted by atomic mass is 14.9. The van der Waals surface area contributed by atoms with E-state index in [2.05, 4.69) is 50.0 Å². The standard InChI is InChI=1S/C14H19N/c1-5-13-8-6-7-9-14(13)15-12(4)10-11(2)3/h6-10,15H,2,5H2,1,3-4H3/b12-10+. The van der Waals surface area contributed by atoms with Crippen molar-refractivity contribution >= 4 is 5.69 Å². The first-order valence-electron chi connectivity index (χ1n) is 5.32. The Balaban J connectivity index is 2.84. The zero-order valence-corrected chi connectivity index (χ0v) is 9.80. The first-order chi connectivity index (χ1) is 7.13. The molecule has 0 saturated carbocycles. The van der Waals surface area contributed by atoms with E-state index in [1.807, 2.05) is 13.0 Å². The Morgan fingerprint density at radius 3 is 2.60 bits per heavy atom. The third kappa shape index (κ3) is 3.62. The lowest BCUT2D eigenvalue weighted by atomic mass is 10.1. The van der Waals surface area contributed by atoms with E-state index in [0.717, 1.165) is 17.7 Å². The van der Waals surface area contributed by atoms with Crippen LogP contribution in [0, 0.1) is 0 Å². The highest BCUT2D eigenvalue weighted by molar-refractivity contribution is 5.55. The second kappa shape index (κ2) is 5.40. The summed E-state index contributed by atoms with van der Waals surface area (Å²) in [6.45, 7) is 10.1. The van der Waals surface area contributed by atoms with Crippen molar-refractivity contribution in [3.8, 4) is 0 Å². The third-order valence-electron chi connectivity index (χ3n) is 2.19. The average molecular weight is 201 g/mol. The molecule has 0 aromatic heterocycles. The number of aryl methyl sites for hydroxylation is 1. The maximum absolute atomic E-state index is 3.86. The molecule has 0 atom stereocenters. The van der Waals surface area contributed by atoms with Crippen molar-refractivity contribution in [1.82, 2.24) is 0 Å². The minimum Gasteiger partial charge on any atom is -0.359 e. The molecule has 0 heterocycles. The quantitative estimate of drug-likeness (QED) is 0.722. The van der Waals surface area contributed by atoms with Crippen LogP contribution in [0.2, 0.25) is 0 Å². The summed E-state index contributed by atoms with van der Waals surface area (Å²) in [5, 5.41) is 3.39. The molecule has 0 aliphatic carbocycles. The molecule has 80 valence electrons. The summed E-state index contributed by atoms with van der Waals surface area (Å²) in [6, 6.07) is 8.38. The molecule has 0 spiro atoms. The number of nitrogens with one attached hydrogen (secondary N) is 1. The summed E-state index contributed by atoms with van der Waals surface area (Å²) >= 11 is 0. The van der Waals surface area contributed by atoms with Gasteiger partial charge in [0.15, 0.2) is 0 Å². The van der Waals surface area contributed by atoms with E-state index in [1.165, 1.54) is 11.3 Å². The van der Waals surface area contributed by atoms with Gasteiger partial charge in [-0.15, -0.1) is 0 Å². The lowest BCUT2D eigenvalue weighted by Gasteiger charge is -2.11. The molecule has 0 bridgehead atoms. The van der Waals surface area contributed by atoms with Crippen molar-refractivity contribution in [1.29, 1.82) is 0 Å². The fourth-order valence-electron chi connectivity index (χ4n) is 1.57. The van der Waals surface area contributed by atoms with Gasteiger partial charge in [-0.25, -0.2) is 0 Å². The number of hydrogen-bond acceptors (Lipinski definition) is 1. The molecule has 1 rings (SSSR count). The maximum Gasteiger partial charge on any atom is 0.0414 e. The molecule has 1 nitrogen and oxygen atoms in total. The minimum atomic E-state index is 1.05. The highest BCUT2D eigenvalue weighted by Gasteiger charge is 1.98. The van der Waals surface area contributed by atoms with Gasteiger partial charge in [0.05, 0.1) is 0 Å². The van der Waals surface area contributed by atoms with Gasteiger partial charge in [0, 0.05) is 11.4 Å². The van der Waals surface area contributed by atoms with Crippen molar-refractivity contribution in [2.24, 2.45) is 0 Å². The van der Waals surface area contributed by atoms with Crippen LogP contribution in [0.5, 0.6) is 0 Å². The van der Waals surface area contributed by atoms with Crippen LogP contribution in [0.1, 0.15) is 26.3 Å². The smallest absolute Gasteiger partial charge is 0.0414 e. The number of allylic oxidation sites excluding steroid dienone is 3. The summed E-state index contributed by atoms with van der Waals surface area (Å²) in [5.41, 5.74) is 4.72. The van der Waals surface area contributed by atoms with E-state index in [0.29, 0.717) is 0 Å². The van der Waals surface area contributed by atoms with E-state index in [1.54, 1.807) is 0 Å². The van der Waals surface area contributed by atoms with E-state index in [-0.39, 0.29) is 0 Å². The van der Waals surface area contributed by atoms with Gasteiger partial charge in [0.2, 0.25) is 0 Å². The first-order valence-corrected chi connectivity index (χ1v) is 5.32. The normalized spacial score (nSPS) is 11.3. The SMILES string of the molecule is C=C(C)/C=C(\C)Nc1ccccc1CC. The molecule has 0 saturated heterocycles. The van der Waals surface area contributed by atoms with E-state index >= 15 is 0 Å². The Kier molecular flexibility index (Phi) is 4.17. The highest BCUT2D eigenvalue weighted by Crippen LogP contribution is 2.17. The first kappa shape index (κ1) is 11.6. The largest absolute Gasteiger partial charge is 0.359 e. The van der Waals surface area contributed by atoms with Gasteiger partial charge in [-0.2, -0.15) is 0 Å². The zero-order chi connectivity index (χ0) is 11.3. The maximum atomic E-state index is 3.86. The molecule has 1 aromatic rings. The van der Waals surface area contributed by atoms with E-state index in [9.17, 15) is 0 Å². The van der Waals surface area contributed by atoms with Crippen LogP contribution in [0.3, 0.4) is 0 Å². The molecule has 15 heavy (non-hydrogen) atoms. The number of anilines is 1. The lowest BCUT2D eigenvalue weighted by molar-refractivity contribution is 1.13. The minimum absolute atomic E-state index is 1.05. The van der Waals surface area contributed by atoms with Crippen molar-refractivity contribution < 1.29 is 0 Å². The van der Waals surface area contributed by atoms with Crippen molar-refractivity contribution in [2.75, 3.05) is 5.32 Å². The molecule has 0 unspecified atom stereocenters. The second-order valence-corrected chi connectivity index (χ2v) is 3.81. The van der Waals surface area contributed by atoms with Crippen LogP contribution in [0.4, 0.5) is 5.69 Å². The Bertz CT molecular complexity index is 375. The van der Waals surface area contributed by atoms with E-state index in [4.69, 9.17) is 0 Å². The fourth-order valence-corrected chi connectivity index (χ4v) is 1.57. The Labute approximate surface area is 92.5 Å². The van der Waals surface area contributed by atoms with Crippen LogP contribution in [-0.4, -0.2) is 0 Å². The Morgan fingerprint density at radius 2 is 2.00 bits per heavy atom. The van der Waals surface area contributed by atoms with Gasteiger partial charge < -0.3 is 5.32 Å². The molecule has 0 radical (unpaired) electrons. The van der Waals surface area contributed by atoms with Crippen LogP contribution < -0.4 is 5.32 Å². The van der Waals surface area contributed by atoms with Gasteiger partial charge in [0.1, 0.15) is 0 Å². The van der Waals surface area contributed by atoms with Crippen LogP contribution >= 0.6 is 0 Å². The molecular formula is C14H19N. The zero-order valence-electron chi connectivity index (χ0n) is 9.80. The van der Waals surface area contributed by atoms with Gasteiger partial charge >= 0.3 is 0 Å². The number of hydrogen-bond donors (Lipinski definition) is 1. The summed E-state index contributed by atoms with van der Waals surface area (Å²) in [7, 11) is 0. The molecule has 0 amide bonds. The fraction of sp³-hybridized carbons (Fsp3) is 0.286. The van der Waals surface area contributed by atoms with Crippen molar-refractivity contribution in [3.05, 3.63) is 53.8 Å². The summed E-state index contributed by atoms with van der Waals surface area (Å²) < 4.78 is 0. The Hall–Kier alpha value is -1.50. The van der Waals surface area contributed by atoms with Crippen LogP contribution in [0.25, 0.3) is 0 Å². The number of benzene rings is 1. The summed E-state index contributed by atoms with van der Waals surface area (Å²) in [6.07, 6.45) is 3.09. The topological polar surface area (TPSA) is 12.0 Å². The predicted octanol–water partition coefficient (Wildman–Crippen LogP) is 4.14. The van der Waals surface area contributed by atoms with Crippen LogP contribution in [0.15, 0.2) is 48.2 Å². The van der Waals surface area contributed by atoms with Gasteiger partial charge in [0.25, 0.3) is 0 Å².